The first-order chi connectivity index (χ1) is 7.86. The highest BCUT2D eigenvalue weighted by Crippen LogP contribution is 2.22. The van der Waals surface area contributed by atoms with Crippen LogP contribution in [0.15, 0.2) is 29.8 Å². The fourth-order valence-electron chi connectivity index (χ4n) is 1.72. The van der Waals surface area contributed by atoms with Gasteiger partial charge >= 0.3 is 0 Å². The van der Waals surface area contributed by atoms with Crippen LogP contribution in [0.3, 0.4) is 0 Å². The molecule has 3 nitrogen and oxygen atoms in total. The predicted octanol–water partition coefficient (Wildman–Crippen LogP) is 3.25. The maximum atomic E-state index is 4.52. The average Bonchev–Trinajstić information content (AvgIpc) is 2.96. The molecule has 1 aromatic carbocycles. The van der Waals surface area contributed by atoms with Crippen molar-refractivity contribution in [2.75, 3.05) is 0 Å². The minimum atomic E-state index is 0.859. The van der Waals surface area contributed by atoms with Gasteiger partial charge in [-0.25, -0.2) is 9.97 Å². The summed E-state index contributed by atoms with van der Waals surface area (Å²) in [7, 11) is 0. The molecule has 3 rings (SSSR count). The smallest absolute Gasteiger partial charge is 0.167 e. The Kier molecular flexibility index (Phi) is 2.22. The minimum absolute atomic E-state index is 0.859. The van der Waals surface area contributed by atoms with E-state index in [2.05, 4.69) is 40.1 Å². The molecular weight excluding hydrogens is 218 g/mol. The molecule has 3 aromatic rings. The van der Waals surface area contributed by atoms with E-state index in [1.54, 1.807) is 17.5 Å². The van der Waals surface area contributed by atoms with Crippen molar-refractivity contribution in [2.24, 2.45) is 0 Å². The van der Waals surface area contributed by atoms with E-state index in [9.17, 15) is 0 Å². The second-order valence-corrected chi connectivity index (χ2v) is 4.52. The third-order valence-electron chi connectivity index (χ3n) is 2.59. The number of rotatable bonds is 2. The van der Waals surface area contributed by atoms with Gasteiger partial charge in [-0.2, -0.15) is 0 Å². The number of nitrogens with zero attached hydrogens (tertiary/aromatic N) is 2. The van der Waals surface area contributed by atoms with Crippen molar-refractivity contribution in [3.8, 4) is 10.8 Å². The minimum Gasteiger partial charge on any atom is -0.336 e. The first-order valence-electron chi connectivity index (χ1n) is 5.25. The van der Waals surface area contributed by atoms with Crippen LogP contribution in [0.5, 0.6) is 0 Å². The summed E-state index contributed by atoms with van der Waals surface area (Å²) in [6.07, 6.45) is 2.84. The Balaban J connectivity index is 2.16. The van der Waals surface area contributed by atoms with Gasteiger partial charge in [0.2, 0.25) is 0 Å². The standard InChI is InChI=1S/C12H11N3S/c1-2-8-3-4-9-10(7-8)15-11(14-9)12-13-5-6-16-12/h3-7H,2H2,1H3,(H,14,15). The van der Waals surface area contributed by atoms with Gasteiger partial charge in [-0.1, -0.05) is 13.0 Å². The molecule has 0 aliphatic heterocycles. The number of imidazole rings is 1. The Labute approximate surface area is 97.2 Å². The molecule has 2 aromatic heterocycles. The van der Waals surface area contributed by atoms with Crippen molar-refractivity contribution in [3.05, 3.63) is 35.3 Å². The summed E-state index contributed by atoms with van der Waals surface area (Å²) in [6, 6.07) is 6.33. The zero-order valence-corrected chi connectivity index (χ0v) is 9.71. The van der Waals surface area contributed by atoms with Gasteiger partial charge in [-0.15, -0.1) is 11.3 Å². The number of fused-ring (bicyclic) bond motifs is 1. The van der Waals surface area contributed by atoms with Gasteiger partial charge in [0, 0.05) is 11.6 Å². The molecule has 4 heteroatoms. The Morgan fingerprint density at radius 1 is 1.38 bits per heavy atom. The molecule has 0 aliphatic carbocycles. The van der Waals surface area contributed by atoms with Crippen molar-refractivity contribution in [1.29, 1.82) is 0 Å². The molecule has 0 atom stereocenters. The summed E-state index contributed by atoms with van der Waals surface area (Å²) >= 11 is 1.60. The molecule has 0 fully saturated rings. The molecule has 0 unspecified atom stereocenters. The van der Waals surface area contributed by atoms with Crippen LogP contribution in [0, 0.1) is 0 Å². The number of hydrogen-bond donors (Lipinski definition) is 1. The van der Waals surface area contributed by atoms with Gasteiger partial charge in [0.1, 0.15) is 0 Å². The van der Waals surface area contributed by atoms with E-state index in [0.717, 1.165) is 28.3 Å². The average molecular weight is 229 g/mol. The highest BCUT2D eigenvalue weighted by atomic mass is 32.1. The normalized spacial score (nSPS) is 11.1. The summed E-state index contributed by atoms with van der Waals surface area (Å²) in [4.78, 5) is 12.1. The molecule has 2 heterocycles. The van der Waals surface area contributed by atoms with E-state index in [4.69, 9.17) is 0 Å². The molecule has 0 amide bonds. The number of H-pyrrole nitrogens is 1. The number of benzene rings is 1. The van der Waals surface area contributed by atoms with Crippen molar-refractivity contribution in [2.45, 2.75) is 13.3 Å². The van der Waals surface area contributed by atoms with Gasteiger partial charge in [0.15, 0.2) is 10.8 Å². The number of aromatic amines is 1. The van der Waals surface area contributed by atoms with E-state index in [0.29, 0.717) is 0 Å². The Morgan fingerprint density at radius 2 is 2.31 bits per heavy atom. The molecule has 0 bridgehead atoms. The molecule has 0 spiro atoms. The van der Waals surface area contributed by atoms with Crippen LogP contribution in [-0.2, 0) is 6.42 Å². The zero-order valence-electron chi connectivity index (χ0n) is 8.90. The number of aromatic nitrogens is 3. The van der Waals surface area contributed by atoms with E-state index in [1.807, 2.05) is 5.38 Å². The molecule has 80 valence electrons. The molecule has 0 saturated heterocycles. The molecular formula is C12H11N3S. The Bertz CT molecular complexity index is 610. The predicted molar refractivity (Wildman–Crippen MR) is 66.6 cm³/mol. The fourth-order valence-corrected chi connectivity index (χ4v) is 2.30. The highest BCUT2D eigenvalue weighted by molar-refractivity contribution is 7.13. The number of nitrogens with one attached hydrogen (secondary N) is 1. The maximum Gasteiger partial charge on any atom is 0.167 e. The van der Waals surface area contributed by atoms with Crippen LogP contribution in [0.2, 0.25) is 0 Å². The van der Waals surface area contributed by atoms with Gasteiger partial charge < -0.3 is 4.98 Å². The first-order valence-corrected chi connectivity index (χ1v) is 6.13. The van der Waals surface area contributed by atoms with Crippen LogP contribution >= 0.6 is 11.3 Å². The zero-order chi connectivity index (χ0) is 11.0. The van der Waals surface area contributed by atoms with Crippen LogP contribution in [0.1, 0.15) is 12.5 Å². The van der Waals surface area contributed by atoms with Crippen molar-refractivity contribution < 1.29 is 0 Å². The van der Waals surface area contributed by atoms with Gasteiger partial charge in [0.25, 0.3) is 0 Å². The lowest BCUT2D eigenvalue weighted by molar-refractivity contribution is 1.14. The van der Waals surface area contributed by atoms with Crippen molar-refractivity contribution >= 4 is 22.4 Å². The van der Waals surface area contributed by atoms with Crippen molar-refractivity contribution in [3.63, 3.8) is 0 Å². The first kappa shape index (κ1) is 9.54. The summed E-state index contributed by atoms with van der Waals surface area (Å²) in [5, 5.41) is 2.90. The Hall–Kier alpha value is -1.68. The Morgan fingerprint density at radius 3 is 3.06 bits per heavy atom. The summed E-state index contributed by atoms with van der Waals surface area (Å²) in [5.41, 5.74) is 3.41. The summed E-state index contributed by atoms with van der Waals surface area (Å²) in [6.45, 7) is 2.15. The lowest BCUT2D eigenvalue weighted by atomic mass is 10.1. The van der Waals surface area contributed by atoms with Crippen LogP contribution in [0.25, 0.3) is 21.9 Å². The maximum absolute atomic E-state index is 4.52. The monoisotopic (exact) mass is 229 g/mol. The van der Waals surface area contributed by atoms with Gasteiger partial charge in [-0.3, -0.25) is 0 Å². The van der Waals surface area contributed by atoms with Crippen LogP contribution in [-0.4, -0.2) is 15.0 Å². The lowest BCUT2D eigenvalue weighted by Gasteiger charge is -1.93. The number of thiazole rings is 1. The molecule has 16 heavy (non-hydrogen) atoms. The van der Waals surface area contributed by atoms with E-state index < -0.39 is 0 Å². The highest BCUT2D eigenvalue weighted by Gasteiger charge is 2.07. The van der Waals surface area contributed by atoms with E-state index in [1.165, 1.54) is 5.56 Å². The van der Waals surface area contributed by atoms with E-state index >= 15 is 0 Å². The summed E-state index contributed by atoms with van der Waals surface area (Å²) < 4.78 is 0. The van der Waals surface area contributed by atoms with Gasteiger partial charge in [0.05, 0.1) is 11.0 Å². The van der Waals surface area contributed by atoms with E-state index in [-0.39, 0.29) is 0 Å². The topological polar surface area (TPSA) is 41.6 Å². The molecule has 1 N–H and O–H groups in total. The van der Waals surface area contributed by atoms with Crippen molar-refractivity contribution in [1.82, 2.24) is 15.0 Å². The lowest BCUT2D eigenvalue weighted by Crippen LogP contribution is -1.78. The second-order valence-electron chi connectivity index (χ2n) is 3.63. The number of hydrogen-bond acceptors (Lipinski definition) is 3. The molecule has 0 aliphatic rings. The number of aryl methyl sites for hydroxylation is 1. The second kappa shape index (κ2) is 3.72. The molecule has 0 radical (unpaired) electrons. The fraction of sp³-hybridized carbons (Fsp3) is 0.167. The van der Waals surface area contributed by atoms with Crippen LogP contribution < -0.4 is 0 Å². The van der Waals surface area contributed by atoms with Crippen LogP contribution in [0.4, 0.5) is 0 Å². The SMILES string of the molecule is CCc1ccc2nc(-c3nccs3)[nH]c2c1. The third kappa shape index (κ3) is 1.51. The summed E-state index contributed by atoms with van der Waals surface area (Å²) in [5.74, 6) is 0.859. The van der Waals surface area contributed by atoms with Gasteiger partial charge in [-0.05, 0) is 24.1 Å². The largest absolute Gasteiger partial charge is 0.336 e. The molecule has 0 saturated carbocycles. The third-order valence-corrected chi connectivity index (χ3v) is 3.37. The quantitative estimate of drug-likeness (QED) is 0.733.